The van der Waals surface area contributed by atoms with Crippen molar-refractivity contribution in [1.82, 2.24) is 0 Å². The quantitative estimate of drug-likeness (QED) is 0.315. The van der Waals surface area contributed by atoms with Crippen LogP contribution in [0.2, 0.25) is 8.87 Å². The first-order valence-corrected chi connectivity index (χ1v) is 12.5. The summed E-state index contributed by atoms with van der Waals surface area (Å²) >= 11 is 7.62. The Bertz CT molecular complexity index is 379. The second kappa shape index (κ2) is 21.6. The maximum absolute atomic E-state index is 7.13. The average Bonchev–Trinajstić information content (AvgIpc) is 2.59. The van der Waals surface area contributed by atoms with E-state index in [9.17, 15) is 0 Å². The molecule has 0 bridgehead atoms. The van der Waals surface area contributed by atoms with Gasteiger partial charge in [-0.05, 0) is 0 Å². The molecule has 0 aromatic rings. The monoisotopic (exact) mass is 456 g/mol. The molecule has 7 heteroatoms. The van der Waals surface area contributed by atoms with Gasteiger partial charge in [0.1, 0.15) is 0 Å². The number of allylic oxidation sites excluding steroid dienone is 2. The Labute approximate surface area is 161 Å². The van der Waals surface area contributed by atoms with E-state index in [4.69, 9.17) is 10.8 Å². The summed E-state index contributed by atoms with van der Waals surface area (Å²) in [6.07, 6.45) is 10.0. The number of rotatable bonds is 3. The van der Waals surface area contributed by atoms with Crippen molar-refractivity contribution in [3.05, 3.63) is 45.4 Å². The van der Waals surface area contributed by atoms with Crippen molar-refractivity contribution in [1.29, 1.82) is 0 Å². The number of hydrogen-bond acceptors (Lipinski definition) is 2. The zero-order chi connectivity index (χ0) is 17.8. The molecule has 2 rings (SSSR count). The molecule has 2 aliphatic heterocycles. The van der Waals surface area contributed by atoms with Gasteiger partial charge in [0.25, 0.3) is 0 Å². The first-order valence-electron chi connectivity index (χ1n) is 7.65. The fourth-order valence-corrected chi connectivity index (χ4v) is 3.36. The molecule has 2 radical (unpaired) electrons. The van der Waals surface area contributed by atoms with Gasteiger partial charge in [-0.25, -0.2) is 0 Å². The number of hydrogen-bond donors (Lipinski definition) is 0. The Hall–Kier alpha value is -0.361. The summed E-state index contributed by atoms with van der Waals surface area (Å²) in [5.41, 5.74) is 1.19. The predicted molar refractivity (Wildman–Crippen MR) is 110 cm³/mol. The maximum Gasteiger partial charge on any atom is -0.0548 e. The molecule has 0 aromatic carbocycles. The van der Waals surface area contributed by atoms with Crippen LogP contribution in [0.15, 0.2) is 23.9 Å². The minimum Gasteiger partial charge on any atom is -0.753 e. The summed E-state index contributed by atoms with van der Waals surface area (Å²) in [5.74, 6) is 0. The predicted octanol–water partition coefficient (Wildman–Crippen LogP) is 5.62. The van der Waals surface area contributed by atoms with Gasteiger partial charge in [-0.2, -0.15) is 16.0 Å². The van der Waals surface area contributed by atoms with Crippen molar-refractivity contribution in [2.24, 2.45) is 0 Å². The first-order chi connectivity index (χ1) is 11.2. The van der Waals surface area contributed by atoms with E-state index in [0.717, 1.165) is 13.1 Å². The van der Waals surface area contributed by atoms with Crippen LogP contribution >= 0.6 is 24.4 Å². The molecular weight excluding hydrogens is 431 g/mol. The van der Waals surface area contributed by atoms with Crippen LogP contribution in [0.5, 0.6) is 0 Å². The Morgan fingerprint density at radius 2 is 1.83 bits per heavy atom. The van der Waals surface area contributed by atoms with Crippen molar-refractivity contribution >= 4 is 55.9 Å². The summed E-state index contributed by atoms with van der Waals surface area (Å²) in [4.78, 5) is 0. The molecule has 1 unspecified atom stereocenters. The molecule has 1 saturated heterocycles. The summed E-state index contributed by atoms with van der Waals surface area (Å²) in [6.45, 7) is 6.45. The van der Waals surface area contributed by atoms with Gasteiger partial charge in [0, 0.05) is 0 Å². The largest absolute Gasteiger partial charge is 0.753 e. The first kappa shape index (κ1) is 24.9. The zero-order valence-corrected chi connectivity index (χ0v) is 18.4. The van der Waals surface area contributed by atoms with E-state index in [-0.39, 0.29) is 21.1 Å². The number of isothiocyanates is 2. The van der Waals surface area contributed by atoms with E-state index < -0.39 is 0 Å². The van der Waals surface area contributed by atoms with Crippen LogP contribution in [0.4, 0.5) is 0 Å². The van der Waals surface area contributed by atoms with E-state index in [2.05, 4.69) is 67.1 Å². The topological polar surface area (TPSA) is 72.8 Å². The van der Waals surface area contributed by atoms with Gasteiger partial charge in [-0.15, -0.1) is 25.2 Å². The van der Waals surface area contributed by atoms with Gasteiger partial charge in [0.05, 0.1) is 0 Å². The molecule has 0 N–H and O–H groups in total. The van der Waals surface area contributed by atoms with Crippen LogP contribution in [-0.4, -0.2) is 50.6 Å². The van der Waals surface area contributed by atoms with Gasteiger partial charge in [0.15, 0.2) is 0 Å². The Balaban J connectivity index is 0. The maximum atomic E-state index is 7.13. The Morgan fingerprint density at radius 3 is 2.17 bits per heavy atom. The van der Waals surface area contributed by atoms with Crippen molar-refractivity contribution < 1.29 is 0 Å². The molecule has 1 fully saturated rings. The molecule has 23 heavy (non-hydrogen) atoms. The van der Waals surface area contributed by atoms with E-state index in [0.29, 0.717) is 6.04 Å². The third-order valence-corrected chi connectivity index (χ3v) is 5.71. The summed E-state index contributed by atoms with van der Waals surface area (Å²) in [6, 6.07) is 0.406. The molecule has 0 amide bonds. The smallest absolute Gasteiger partial charge is 0.0548 e. The van der Waals surface area contributed by atoms with E-state index in [1.54, 1.807) is 0 Å². The van der Waals surface area contributed by atoms with Crippen LogP contribution in [0.3, 0.4) is 0 Å². The van der Waals surface area contributed by atoms with Crippen LogP contribution in [-0.2, 0) is 0 Å². The zero-order valence-electron chi connectivity index (χ0n) is 13.9. The molecule has 0 spiro atoms. The fourth-order valence-electron chi connectivity index (χ4n) is 1.93. The average molecular weight is 455 g/mol. The molecule has 2 aliphatic rings. The van der Waals surface area contributed by atoms with Gasteiger partial charge >= 0.3 is 43.9 Å². The second-order valence-electron chi connectivity index (χ2n) is 4.42. The Kier molecular flexibility index (Phi) is 23.4. The Morgan fingerprint density at radius 1 is 1.22 bits per heavy atom. The molecule has 2 heterocycles. The normalized spacial score (nSPS) is 17.8. The molecule has 1 atom stereocenters. The number of nitrogens with zero attached hydrogens (tertiary/aromatic N) is 4. The summed E-state index contributed by atoms with van der Waals surface area (Å²) < 4.78 is 3.03. The number of thiocarbonyl (C=S) groups is 2. The molecule has 4 nitrogen and oxygen atoms in total. The third kappa shape index (κ3) is 17.8. The van der Waals surface area contributed by atoms with Crippen molar-refractivity contribution in [2.45, 2.75) is 48.0 Å². The van der Waals surface area contributed by atoms with Gasteiger partial charge < -0.3 is 21.5 Å². The second-order valence-corrected chi connectivity index (χ2v) is 10.2. The van der Waals surface area contributed by atoms with Crippen LogP contribution < -0.4 is 0 Å². The van der Waals surface area contributed by atoms with E-state index in [1.165, 1.54) is 44.2 Å². The van der Waals surface area contributed by atoms with Crippen molar-refractivity contribution in [3.63, 3.8) is 0 Å². The van der Waals surface area contributed by atoms with Gasteiger partial charge in [-0.1, -0.05) is 55.9 Å². The van der Waals surface area contributed by atoms with Crippen molar-refractivity contribution in [2.75, 3.05) is 13.1 Å². The molecule has 128 valence electrons. The molecular formula is C16H24N4S2Sn-4. The van der Waals surface area contributed by atoms with E-state index >= 15 is 0 Å². The van der Waals surface area contributed by atoms with Gasteiger partial charge in [-0.3, -0.25) is 0 Å². The third-order valence-electron chi connectivity index (χ3n) is 2.86. The minimum absolute atomic E-state index is 0.218. The van der Waals surface area contributed by atoms with Crippen LogP contribution in [0, 0.1) is 0 Å². The summed E-state index contributed by atoms with van der Waals surface area (Å²) in [5, 5.41) is 25.9. The van der Waals surface area contributed by atoms with Crippen molar-refractivity contribution in [3.8, 4) is 0 Å². The fraction of sp³-hybridized carbons (Fsp3) is 0.625. The van der Waals surface area contributed by atoms with Crippen LogP contribution in [0.1, 0.15) is 33.1 Å². The molecule has 0 aromatic heterocycles. The number of piperidine rings is 1. The molecule has 0 saturated carbocycles. The van der Waals surface area contributed by atoms with Gasteiger partial charge in [0.2, 0.25) is 0 Å². The standard InChI is InChI=1S/C10H14N2.2C2H5.2CNS.Sn/c1-3-7-11-9(5-1)10-6-2-4-8-12-10;2*1-2;2*2-1-3;/h1,3,5,10H,2,4,6-8H2;2*1H2,2H3;;;/q-2;;;2*-1;. The van der Waals surface area contributed by atoms with E-state index in [1.807, 2.05) is 0 Å². The molecule has 0 aliphatic carbocycles. The summed E-state index contributed by atoms with van der Waals surface area (Å²) in [7, 11) is 0. The SMILES string of the molecule is C1=CC[N-]C(C2CCCC[N-]2)=C1.C[CH2][Sn][CH2]C.[N-]=C=S.[N-]=C=S. The van der Waals surface area contributed by atoms with Crippen LogP contribution in [0.25, 0.3) is 21.5 Å². The minimum atomic E-state index is 0.218.